The third-order valence-corrected chi connectivity index (χ3v) is 2.56. The molecule has 0 aliphatic carbocycles. The summed E-state index contributed by atoms with van der Waals surface area (Å²) in [6.45, 7) is 6.79. The lowest BCUT2D eigenvalue weighted by Gasteiger charge is -2.24. The number of nitrogens with zero attached hydrogens (tertiary/aromatic N) is 2. The van der Waals surface area contributed by atoms with Crippen LogP contribution < -0.4 is 5.73 Å². The number of amidine groups is 1. The van der Waals surface area contributed by atoms with E-state index in [9.17, 15) is 4.79 Å². The molecule has 1 amide bonds. The van der Waals surface area contributed by atoms with Gasteiger partial charge in [-0.1, -0.05) is 5.16 Å². The van der Waals surface area contributed by atoms with E-state index >= 15 is 0 Å². The van der Waals surface area contributed by atoms with Gasteiger partial charge in [0, 0.05) is 19.5 Å². The largest absolute Gasteiger partial charge is 0.444 e. The van der Waals surface area contributed by atoms with Gasteiger partial charge in [0.1, 0.15) is 11.4 Å². The first-order valence-corrected chi connectivity index (χ1v) is 5.76. The van der Waals surface area contributed by atoms with Crippen molar-refractivity contribution in [3.63, 3.8) is 0 Å². The third kappa shape index (κ3) is 4.50. The molecule has 17 heavy (non-hydrogen) atoms. The molecular weight excluding hydrogens is 222 g/mol. The van der Waals surface area contributed by atoms with Gasteiger partial charge in [0.05, 0.1) is 0 Å². The maximum absolute atomic E-state index is 11.8. The van der Waals surface area contributed by atoms with Crippen molar-refractivity contribution in [2.24, 2.45) is 16.8 Å². The van der Waals surface area contributed by atoms with Gasteiger partial charge in [-0.2, -0.15) is 0 Å². The number of carbonyl (C=O) groups excluding carboxylic acids is 1. The highest BCUT2D eigenvalue weighted by Gasteiger charge is 2.30. The molecule has 1 aliphatic heterocycles. The molecule has 1 unspecified atom stereocenters. The van der Waals surface area contributed by atoms with Crippen LogP contribution in [0.4, 0.5) is 4.79 Å². The first-order valence-electron chi connectivity index (χ1n) is 5.76. The van der Waals surface area contributed by atoms with Gasteiger partial charge in [-0.15, -0.1) is 0 Å². The second-order valence-electron chi connectivity index (χ2n) is 5.38. The van der Waals surface area contributed by atoms with Gasteiger partial charge in [-0.3, -0.25) is 0 Å². The lowest BCUT2D eigenvalue weighted by Crippen LogP contribution is -2.35. The van der Waals surface area contributed by atoms with Crippen molar-refractivity contribution in [2.75, 3.05) is 13.1 Å². The van der Waals surface area contributed by atoms with Crippen LogP contribution in [0.5, 0.6) is 0 Å². The monoisotopic (exact) mass is 243 g/mol. The molecule has 98 valence electrons. The summed E-state index contributed by atoms with van der Waals surface area (Å²) in [5.74, 6) is 0.458. The molecule has 1 heterocycles. The number of likely N-dealkylation sites (tertiary alicyclic amines) is 1. The van der Waals surface area contributed by atoms with Gasteiger partial charge in [-0.25, -0.2) is 4.79 Å². The zero-order valence-corrected chi connectivity index (χ0v) is 10.6. The van der Waals surface area contributed by atoms with E-state index in [1.165, 1.54) is 0 Å². The highest BCUT2D eigenvalue weighted by Crippen LogP contribution is 2.21. The molecule has 1 aliphatic rings. The van der Waals surface area contributed by atoms with Crippen molar-refractivity contribution in [3.05, 3.63) is 0 Å². The van der Waals surface area contributed by atoms with Crippen LogP contribution in [0.25, 0.3) is 0 Å². The SMILES string of the molecule is CC(C)(C)OC(=O)N1CCC(C/C(N)=N\O)C1. The van der Waals surface area contributed by atoms with E-state index in [4.69, 9.17) is 15.7 Å². The van der Waals surface area contributed by atoms with Crippen molar-refractivity contribution in [1.29, 1.82) is 0 Å². The molecule has 0 bridgehead atoms. The van der Waals surface area contributed by atoms with Crippen LogP contribution in [-0.4, -0.2) is 40.7 Å². The summed E-state index contributed by atoms with van der Waals surface area (Å²) >= 11 is 0. The maximum Gasteiger partial charge on any atom is 0.410 e. The molecule has 0 saturated carbocycles. The minimum atomic E-state index is -0.471. The van der Waals surface area contributed by atoms with Crippen molar-refractivity contribution in [1.82, 2.24) is 4.90 Å². The quantitative estimate of drug-likeness (QED) is 0.332. The molecule has 1 saturated heterocycles. The zero-order chi connectivity index (χ0) is 13.1. The van der Waals surface area contributed by atoms with Crippen LogP contribution in [0, 0.1) is 5.92 Å². The fraction of sp³-hybridized carbons (Fsp3) is 0.818. The summed E-state index contributed by atoms with van der Waals surface area (Å²) in [5, 5.41) is 11.4. The van der Waals surface area contributed by atoms with E-state index in [-0.39, 0.29) is 17.8 Å². The van der Waals surface area contributed by atoms with Gasteiger partial charge in [0.15, 0.2) is 0 Å². The second-order valence-corrected chi connectivity index (χ2v) is 5.38. The van der Waals surface area contributed by atoms with Crippen LogP contribution in [0.2, 0.25) is 0 Å². The molecule has 0 radical (unpaired) electrons. The van der Waals surface area contributed by atoms with E-state index in [0.717, 1.165) is 6.42 Å². The van der Waals surface area contributed by atoms with Crippen LogP contribution in [-0.2, 0) is 4.74 Å². The van der Waals surface area contributed by atoms with Gasteiger partial charge in [-0.05, 0) is 33.1 Å². The molecule has 6 heteroatoms. The Balaban J connectivity index is 2.42. The molecule has 1 rings (SSSR count). The Labute approximate surface area is 101 Å². The van der Waals surface area contributed by atoms with E-state index in [1.54, 1.807) is 4.90 Å². The Morgan fingerprint density at radius 3 is 2.76 bits per heavy atom. The van der Waals surface area contributed by atoms with E-state index in [2.05, 4.69) is 5.16 Å². The molecule has 0 aromatic rings. The van der Waals surface area contributed by atoms with Crippen molar-refractivity contribution in [2.45, 2.75) is 39.2 Å². The normalized spacial score (nSPS) is 21.7. The number of ether oxygens (including phenoxy) is 1. The molecule has 1 atom stereocenters. The smallest absolute Gasteiger partial charge is 0.410 e. The number of carbonyl (C=O) groups is 1. The highest BCUT2D eigenvalue weighted by atomic mass is 16.6. The van der Waals surface area contributed by atoms with Crippen molar-refractivity contribution >= 4 is 11.9 Å². The van der Waals surface area contributed by atoms with Gasteiger partial charge >= 0.3 is 6.09 Å². The Morgan fingerprint density at radius 1 is 1.59 bits per heavy atom. The number of hydrogen-bond acceptors (Lipinski definition) is 4. The summed E-state index contributed by atoms with van der Waals surface area (Å²) in [6, 6.07) is 0. The standard InChI is InChI=1S/C11H21N3O3/c1-11(2,3)17-10(15)14-5-4-8(7-14)6-9(12)13-16/h8,16H,4-7H2,1-3H3,(H2,12,13). The van der Waals surface area contributed by atoms with Gasteiger partial charge < -0.3 is 20.6 Å². The first-order chi connectivity index (χ1) is 7.81. The maximum atomic E-state index is 11.8. The Kier molecular flexibility index (Phi) is 4.20. The number of amides is 1. The fourth-order valence-electron chi connectivity index (χ4n) is 1.83. The third-order valence-electron chi connectivity index (χ3n) is 2.56. The molecule has 0 aromatic heterocycles. The van der Waals surface area contributed by atoms with Crippen LogP contribution in [0.3, 0.4) is 0 Å². The molecule has 6 nitrogen and oxygen atoms in total. The molecule has 1 fully saturated rings. The average Bonchev–Trinajstić information content (AvgIpc) is 2.63. The first kappa shape index (κ1) is 13.6. The summed E-state index contributed by atoms with van der Waals surface area (Å²) in [4.78, 5) is 13.4. The zero-order valence-electron chi connectivity index (χ0n) is 10.6. The van der Waals surface area contributed by atoms with Crippen LogP contribution >= 0.6 is 0 Å². The fourth-order valence-corrected chi connectivity index (χ4v) is 1.83. The topological polar surface area (TPSA) is 88.2 Å². The predicted molar refractivity (Wildman–Crippen MR) is 63.9 cm³/mol. The lowest BCUT2D eigenvalue weighted by atomic mass is 10.0. The second kappa shape index (κ2) is 5.25. The molecule has 0 aromatic carbocycles. The Morgan fingerprint density at radius 2 is 2.24 bits per heavy atom. The molecule has 0 spiro atoms. The minimum Gasteiger partial charge on any atom is -0.444 e. The molecular formula is C11H21N3O3. The van der Waals surface area contributed by atoms with Crippen LogP contribution in [0.1, 0.15) is 33.6 Å². The number of nitrogens with two attached hydrogens (primary N) is 1. The summed E-state index contributed by atoms with van der Waals surface area (Å²) in [6.07, 6.45) is 1.07. The number of oxime groups is 1. The lowest BCUT2D eigenvalue weighted by molar-refractivity contribution is 0.0288. The number of rotatable bonds is 2. The summed E-state index contributed by atoms with van der Waals surface area (Å²) < 4.78 is 5.28. The molecule has 3 N–H and O–H groups in total. The van der Waals surface area contributed by atoms with Gasteiger partial charge in [0.25, 0.3) is 0 Å². The minimum absolute atomic E-state index is 0.209. The van der Waals surface area contributed by atoms with E-state index < -0.39 is 5.60 Å². The van der Waals surface area contributed by atoms with E-state index in [0.29, 0.717) is 19.5 Å². The van der Waals surface area contributed by atoms with E-state index in [1.807, 2.05) is 20.8 Å². The Bertz CT molecular complexity index is 310. The summed E-state index contributed by atoms with van der Waals surface area (Å²) in [5.41, 5.74) is 4.97. The van der Waals surface area contributed by atoms with Gasteiger partial charge in [0.2, 0.25) is 0 Å². The predicted octanol–water partition coefficient (Wildman–Crippen LogP) is 1.38. The van der Waals surface area contributed by atoms with Crippen LogP contribution in [0.15, 0.2) is 5.16 Å². The highest BCUT2D eigenvalue weighted by molar-refractivity contribution is 5.80. The van der Waals surface area contributed by atoms with Crippen molar-refractivity contribution < 1.29 is 14.7 Å². The number of hydrogen-bond donors (Lipinski definition) is 2. The van der Waals surface area contributed by atoms with Crippen molar-refractivity contribution in [3.8, 4) is 0 Å². The average molecular weight is 243 g/mol. The Hall–Kier alpha value is -1.46. The summed E-state index contributed by atoms with van der Waals surface area (Å²) in [7, 11) is 0.